The molecule has 0 unspecified atom stereocenters. The lowest BCUT2D eigenvalue weighted by atomic mass is 9.80. The van der Waals surface area contributed by atoms with E-state index >= 15 is 0 Å². The molecule has 1 fully saturated rings. The SMILES string of the molecule is CN(C)C1(CNCc2cnccn2)CCCCC1. The zero-order valence-electron chi connectivity index (χ0n) is 11.5. The summed E-state index contributed by atoms with van der Waals surface area (Å²) in [6.45, 7) is 1.85. The molecule has 0 atom stereocenters. The maximum absolute atomic E-state index is 4.29. The Labute approximate surface area is 110 Å². The van der Waals surface area contributed by atoms with Crippen LogP contribution in [-0.4, -0.2) is 41.0 Å². The van der Waals surface area contributed by atoms with Gasteiger partial charge in [-0.1, -0.05) is 19.3 Å². The Bertz CT molecular complexity index is 344. The zero-order valence-corrected chi connectivity index (χ0v) is 11.5. The van der Waals surface area contributed by atoms with E-state index in [1.165, 1.54) is 32.1 Å². The van der Waals surface area contributed by atoms with E-state index in [0.29, 0.717) is 5.54 Å². The quantitative estimate of drug-likeness (QED) is 0.863. The first kappa shape index (κ1) is 13.4. The molecule has 0 aliphatic heterocycles. The molecule has 0 saturated heterocycles. The average molecular weight is 248 g/mol. The summed E-state index contributed by atoms with van der Waals surface area (Å²) in [5.74, 6) is 0. The van der Waals surface area contributed by atoms with Gasteiger partial charge in [0.15, 0.2) is 0 Å². The lowest BCUT2D eigenvalue weighted by molar-refractivity contribution is 0.0983. The monoisotopic (exact) mass is 248 g/mol. The van der Waals surface area contributed by atoms with Gasteiger partial charge < -0.3 is 10.2 Å². The fourth-order valence-corrected chi connectivity index (χ4v) is 2.84. The predicted octanol–water partition coefficient (Wildman–Crippen LogP) is 1.83. The Morgan fingerprint density at radius 2 is 2.00 bits per heavy atom. The minimum absolute atomic E-state index is 0.334. The van der Waals surface area contributed by atoms with E-state index in [2.05, 4.69) is 34.3 Å². The number of aromatic nitrogens is 2. The maximum atomic E-state index is 4.29. The molecule has 2 rings (SSSR count). The molecule has 1 N–H and O–H groups in total. The van der Waals surface area contributed by atoms with Crippen LogP contribution in [0, 0.1) is 0 Å². The van der Waals surface area contributed by atoms with E-state index in [-0.39, 0.29) is 0 Å². The average Bonchev–Trinajstić information content (AvgIpc) is 2.41. The van der Waals surface area contributed by atoms with Crippen LogP contribution in [0.15, 0.2) is 18.6 Å². The van der Waals surface area contributed by atoms with E-state index in [9.17, 15) is 0 Å². The standard InChI is InChI=1S/C14H24N4/c1-18(2)14(6-4-3-5-7-14)12-16-11-13-10-15-8-9-17-13/h8-10,16H,3-7,11-12H2,1-2H3. The van der Waals surface area contributed by atoms with Crippen LogP contribution in [0.5, 0.6) is 0 Å². The van der Waals surface area contributed by atoms with Crippen molar-refractivity contribution in [3.8, 4) is 0 Å². The van der Waals surface area contributed by atoms with E-state index in [0.717, 1.165) is 18.8 Å². The molecule has 100 valence electrons. The van der Waals surface area contributed by atoms with Crippen molar-refractivity contribution in [3.05, 3.63) is 24.3 Å². The van der Waals surface area contributed by atoms with Crippen LogP contribution in [0.3, 0.4) is 0 Å². The van der Waals surface area contributed by atoms with Crippen molar-refractivity contribution in [2.45, 2.75) is 44.2 Å². The highest BCUT2D eigenvalue weighted by atomic mass is 15.2. The molecular formula is C14H24N4. The van der Waals surface area contributed by atoms with Gasteiger partial charge in [-0.3, -0.25) is 9.97 Å². The van der Waals surface area contributed by atoms with E-state index in [1.807, 2.05) is 6.20 Å². The van der Waals surface area contributed by atoms with Crippen molar-refractivity contribution in [1.82, 2.24) is 20.2 Å². The predicted molar refractivity (Wildman–Crippen MR) is 73.2 cm³/mol. The number of nitrogens with zero attached hydrogens (tertiary/aromatic N) is 3. The van der Waals surface area contributed by atoms with Gasteiger partial charge in [0.05, 0.1) is 5.69 Å². The van der Waals surface area contributed by atoms with Gasteiger partial charge in [-0.05, 0) is 26.9 Å². The van der Waals surface area contributed by atoms with Crippen LogP contribution < -0.4 is 5.32 Å². The van der Waals surface area contributed by atoms with Crippen molar-refractivity contribution in [1.29, 1.82) is 0 Å². The second-order valence-electron chi connectivity index (χ2n) is 5.48. The maximum Gasteiger partial charge on any atom is 0.0724 e. The van der Waals surface area contributed by atoms with Crippen LogP contribution in [0.2, 0.25) is 0 Å². The van der Waals surface area contributed by atoms with Gasteiger partial charge in [0.25, 0.3) is 0 Å². The van der Waals surface area contributed by atoms with Crippen molar-refractivity contribution in [3.63, 3.8) is 0 Å². The third-order valence-corrected chi connectivity index (χ3v) is 4.11. The van der Waals surface area contributed by atoms with Gasteiger partial charge in [-0.15, -0.1) is 0 Å². The number of likely N-dealkylation sites (N-methyl/N-ethyl adjacent to an activating group) is 1. The third-order valence-electron chi connectivity index (χ3n) is 4.11. The van der Waals surface area contributed by atoms with Crippen LogP contribution in [-0.2, 0) is 6.54 Å². The summed E-state index contributed by atoms with van der Waals surface area (Å²) in [6.07, 6.45) is 12.0. The Morgan fingerprint density at radius 3 is 2.61 bits per heavy atom. The Hall–Kier alpha value is -1.00. The van der Waals surface area contributed by atoms with Gasteiger partial charge in [0.1, 0.15) is 0 Å². The van der Waals surface area contributed by atoms with E-state index < -0.39 is 0 Å². The second kappa shape index (κ2) is 6.25. The molecule has 0 radical (unpaired) electrons. The summed E-state index contributed by atoms with van der Waals surface area (Å²) in [5, 5.41) is 3.55. The highest BCUT2D eigenvalue weighted by Gasteiger charge is 2.33. The third kappa shape index (κ3) is 3.27. The van der Waals surface area contributed by atoms with Crippen LogP contribution in [0.1, 0.15) is 37.8 Å². The first-order chi connectivity index (χ1) is 8.73. The largest absolute Gasteiger partial charge is 0.309 e. The summed E-state index contributed by atoms with van der Waals surface area (Å²) in [7, 11) is 4.41. The fourth-order valence-electron chi connectivity index (χ4n) is 2.84. The number of hydrogen-bond acceptors (Lipinski definition) is 4. The molecule has 1 aliphatic carbocycles. The molecule has 0 bridgehead atoms. The highest BCUT2D eigenvalue weighted by Crippen LogP contribution is 2.31. The van der Waals surface area contributed by atoms with Crippen LogP contribution >= 0.6 is 0 Å². The summed E-state index contributed by atoms with van der Waals surface area (Å²) >= 11 is 0. The Morgan fingerprint density at radius 1 is 1.22 bits per heavy atom. The van der Waals surface area contributed by atoms with Crippen molar-refractivity contribution in [2.75, 3.05) is 20.6 Å². The molecule has 4 nitrogen and oxygen atoms in total. The van der Waals surface area contributed by atoms with E-state index in [1.54, 1.807) is 12.4 Å². The molecular weight excluding hydrogens is 224 g/mol. The number of nitrogens with one attached hydrogen (secondary N) is 1. The van der Waals surface area contributed by atoms with Crippen LogP contribution in [0.25, 0.3) is 0 Å². The normalized spacial score (nSPS) is 19.1. The van der Waals surface area contributed by atoms with Gasteiger partial charge in [-0.2, -0.15) is 0 Å². The molecule has 0 amide bonds. The molecule has 1 heterocycles. The van der Waals surface area contributed by atoms with Gasteiger partial charge in [0.2, 0.25) is 0 Å². The lowest BCUT2D eigenvalue weighted by Crippen LogP contribution is -2.52. The molecule has 1 saturated carbocycles. The summed E-state index contributed by atoms with van der Waals surface area (Å²) in [6, 6.07) is 0. The highest BCUT2D eigenvalue weighted by molar-refractivity contribution is 4.97. The Balaban J connectivity index is 1.86. The minimum Gasteiger partial charge on any atom is -0.309 e. The zero-order chi connectivity index (χ0) is 12.8. The van der Waals surface area contributed by atoms with Crippen LogP contribution in [0.4, 0.5) is 0 Å². The van der Waals surface area contributed by atoms with Gasteiger partial charge in [-0.25, -0.2) is 0 Å². The molecule has 4 heteroatoms. The minimum atomic E-state index is 0.334. The molecule has 1 aromatic heterocycles. The number of rotatable bonds is 5. The topological polar surface area (TPSA) is 41.0 Å². The molecule has 18 heavy (non-hydrogen) atoms. The first-order valence-corrected chi connectivity index (χ1v) is 6.86. The van der Waals surface area contributed by atoms with E-state index in [4.69, 9.17) is 0 Å². The molecule has 1 aromatic rings. The summed E-state index contributed by atoms with van der Waals surface area (Å²) < 4.78 is 0. The van der Waals surface area contributed by atoms with Crippen molar-refractivity contribution >= 4 is 0 Å². The number of hydrogen-bond donors (Lipinski definition) is 1. The molecule has 0 spiro atoms. The lowest BCUT2D eigenvalue weighted by Gasteiger charge is -2.43. The second-order valence-corrected chi connectivity index (χ2v) is 5.48. The molecule has 1 aliphatic rings. The van der Waals surface area contributed by atoms with Crippen molar-refractivity contribution in [2.24, 2.45) is 0 Å². The Kier molecular flexibility index (Phi) is 4.66. The fraction of sp³-hybridized carbons (Fsp3) is 0.714. The van der Waals surface area contributed by atoms with Gasteiger partial charge in [0, 0.05) is 37.2 Å². The summed E-state index contributed by atoms with van der Waals surface area (Å²) in [5.41, 5.74) is 1.35. The molecule has 0 aromatic carbocycles. The summed E-state index contributed by atoms with van der Waals surface area (Å²) in [4.78, 5) is 10.8. The van der Waals surface area contributed by atoms with Gasteiger partial charge >= 0.3 is 0 Å². The first-order valence-electron chi connectivity index (χ1n) is 6.86. The smallest absolute Gasteiger partial charge is 0.0724 e. The van der Waals surface area contributed by atoms with Crippen molar-refractivity contribution < 1.29 is 0 Å².